The van der Waals surface area contributed by atoms with Crippen LogP contribution in [0.15, 0.2) is 53.7 Å². The van der Waals surface area contributed by atoms with Gasteiger partial charge in [-0.1, -0.05) is 30.4 Å². The number of nitrogens with zero attached hydrogens (tertiary/aromatic N) is 1. The monoisotopic (exact) mass is 211 g/mol. The average molecular weight is 211 g/mol. The Morgan fingerprint density at radius 2 is 1.93 bits per heavy atom. The normalized spacial score (nSPS) is 22.7. The Morgan fingerprint density at radius 3 is 2.93 bits per heavy atom. The minimum atomic E-state index is 1.09. The number of fused-ring (bicyclic) bond motifs is 3. The summed E-state index contributed by atoms with van der Waals surface area (Å²) in [4.78, 5) is 4.48. The Morgan fingerprint density at radius 1 is 1.00 bits per heavy atom. The SMILES string of the molecule is C1=C\C=c2\sc3ccccc3\c2=N\C=C/1. The van der Waals surface area contributed by atoms with Crippen molar-refractivity contribution in [2.24, 2.45) is 4.99 Å². The van der Waals surface area contributed by atoms with Crippen molar-refractivity contribution in [2.45, 2.75) is 0 Å². The topological polar surface area (TPSA) is 12.4 Å². The summed E-state index contributed by atoms with van der Waals surface area (Å²) >= 11 is 1.79. The van der Waals surface area contributed by atoms with E-state index in [0.29, 0.717) is 0 Å². The number of benzene rings is 1. The third-order valence-electron chi connectivity index (χ3n) is 2.36. The van der Waals surface area contributed by atoms with E-state index in [4.69, 9.17) is 0 Å². The number of allylic oxidation sites excluding steroid dienone is 3. The molecule has 0 aliphatic carbocycles. The lowest BCUT2D eigenvalue weighted by Crippen LogP contribution is -2.18. The minimum Gasteiger partial charge on any atom is -0.255 e. The molecular formula is C13H9NS. The van der Waals surface area contributed by atoms with Crippen molar-refractivity contribution in [3.63, 3.8) is 0 Å². The van der Waals surface area contributed by atoms with Gasteiger partial charge in [-0.05, 0) is 18.2 Å². The highest BCUT2D eigenvalue weighted by Crippen LogP contribution is 2.12. The fraction of sp³-hybridized carbons (Fsp3) is 0. The van der Waals surface area contributed by atoms with E-state index in [2.05, 4.69) is 41.4 Å². The molecule has 0 bridgehead atoms. The Bertz CT molecular complexity index is 674. The maximum atomic E-state index is 4.48. The van der Waals surface area contributed by atoms with Crippen LogP contribution in [0.1, 0.15) is 0 Å². The largest absolute Gasteiger partial charge is 0.255 e. The van der Waals surface area contributed by atoms with Gasteiger partial charge in [0.15, 0.2) is 0 Å². The van der Waals surface area contributed by atoms with Crippen molar-refractivity contribution in [1.82, 2.24) is 0 Å². The molecule has 72 valence electrons. The summed E-state index contributed by atoms with van der Waals surface area (Å²) in [6.45, 7) is 0. The van der Waals surface area contributed by atoms with E-state index < -0.39 is 0 Å². The molecular weight excluding hydrogens is 202 g/mol. The molecule has 2 heteroatoms. The van der Waals surface area contributed by atoms with Gasteiger partial charge in [0.2, 0.25) is 0 Å². The van der Waals surface area contributed by atoms with Crippen molar-refractivity contribution in [3.8, 4) is 0 Å². The standard InChI is InChI=1S/C13H9NS/c1-2-8-12-13(14-9-5-1)10-6-3-4-7-11(10)15-12/h1-9H/b2-1-,5-1?,8-2?,9-5-,12-8+,14-9?,14-13-. The molecule has 0 amide bonds. The van der Waals surface area contributed by atoms with Crippen LogP contribution < -0.4 is 9.89 Å². The number of thiophene rings is 1. The molecule has 1 aromatic carbocycles. The van der Waals surface area contributed by atoms with Crippen LogP contribution in [0.3, 0.4) is 0 Å². The molecule has 1 nitrogen and oxygen atoms in total. The second kappa shape index (κ2) is 3.48. The Kier molecular flexibility index (Phi) is 2.00. The summed E-state index contributed by atoms with van der Waals surface area (Å²) in [6.07, 6.45) is 9.97. The molecule has 0 saturated carbocycles. The van der Waals surface area contributed by atoms with Crippen LogP contribution in [0.5, 0.6) is 0 Å². The first-order chi connectivity index (χ1) is 7.45. The second-order valence-electron chi connectivity index (χ2n) is 3.33. The van der Waals surface area contributed by atoms with Gasteiger partial charge in [0.25, 0.3) is 0 Å². The zero-order valence-electron chi connectivity index (χ0n) is 8.05. The van der Waals surface area contributed by atoms with E-state index in [-0.39, 0.29) is 0 Å². The predicted molar refractivity (Wildman–Crippen MR) is 65.4 cm³/mol. The van der Waals surface area contributed by atoms with Crippen LogP contribution in [-0.2, 0) is 0 Å². The molecule has 15 heavy (non-hydrogen) atoms. The zero-order chi connectivity index (χ0) is 10.1. The molecule has 1 aliphatic rings. The lowest BCUT2D eigenvalue weighted by Gasteiger charge is -1.86. The van der Waals surface area contributed by atoms with Gasteiger partial charge in [-0.3, -0.25) is 4.99 Å². The van der Waals surface area contributed by atoms with Crippen LogP contribution in [-0.4, -0.2) is 0 Å². The fourth-order valence-corrected chi connectivity index (χ4v) is 2.74. The molecule has 1 aliphatic heterocycles. The van der Waals surface area contributed by atoms with Crippen molar-refractivity contribution in [3.05, 3.63) is 58.6 Å². The van der Waals surface area contributed by atoms with Gasteiger partial charge >= 0.3 is 0 Å². The summed E-state index contributed by atoms with van der Waals surface area (Å²) in [7, 11) is 0. The van der Waals surface area contributed by atoms with E-state index >= 15 is 0 Å². The summed E-state index contributed by atoms with van der Waals surface area (Å²) in [5.74, 6) is 0. The summed E-state index contributed by atoms with van der Waals surface area (Å²) < 4.78 is 2.53. The van der Waals surface area contributed by atoms with Crippen molar-refractivity contribution < 1.29 is 0 Å². The first kappa shape index (κ1) is 8.62. The lowest BCUT2D eigenvalue weighted by atomic mass is 10.2. The first-order valence-electron chi connectivity index (χ1n) is 4.84. The van der Waals surface area contributed by atoms with E-state index in [1.807, 2.05) is 18.4 Å². The van der Waals surface area contributed by atoms with E-state index in [0.717, 1.165) is 5.36 Å². The van der Waals surface area contributed by atoms with Gasteiger partial charge < -0.3 is 0 Å². The smallest absolute Gasteiger partial charge is 0.0888 e. The summed E-state index contributed by atoms with van der Waals surface area (Å²) in [5.41, 5.74) is 0. The maximum absolute atomic E-state index is 4.48. The Hall–Kier alpha value is -1.67. The van der Waals surface area contributed by atoms with Gasteiger partial charge in [0.1, 0.15) is 0 Å². The van der Waals surface area contributed by atoms with Crippen LogP contribution in [0.2, 0.25) is 0 Å². The first-order valence-corrected chi connectivity index (χ1v) is 5.66. The molecule has 1 aromatic heterocycles. The van der Waals surface area contributed by atoms with Crippen LogP contribution in [0.25, 0.3) is 16.2 Å². The zero-order valence-corrected chi connectivity index (χ0v) is 8.87. The van der Waals surface area contributed by atoms with Crippen molar-refractivity contribution >= 4 is 27.5 Å². The molecule has 2 aromatic rings. The minimum absolute atomic E-state index is 1.09. The van der Waals surface area contributed by atoms with E-state index in [9.17, 15) is 0 Å². The molecule has 0 N–H and O–H groups in total. The van der Waals surface area contributed by atoms with Gasteiger partial charge in [-0.2, -0.15) is 0 Å². The highest BCUT2D eigenvalue weighted by Gasteiger charge is 2.00. The molecule has 0 unspecified atom stereocenters. The maximum Gasteiger partial charge on any atom is 0.0888 e. The summed E-state index contributed by atoms with van der Waals surface area (Å²) in [6, 6.07) is 8.39. The van der Waals surface area contributed by atoms with Crippen molar-refractivity contribution in [1.29, 1.82) is 0 Å². The molecule has 0 fully saturated rings. The highest BCUT2D eigenvalue weighted by molar-refractivity contribution is 7.17. The third kappa shape index (κ3) is 1.43. The molecule has 3 rings (SSSR count). The van der Waals surface area contributed by atoms with E-state index in [1.165, 1.54) is 14.6 Å². The van der Waals surface area contributed by atoms with Crippen LogP contribution in [0.4, 0.5) is 0 Å². The fourth-order valence-electron chi connectivity index (χ4n) is 1.67. The van der Waals surface area contributed by atoms with Crippen molar-refractivity contribution in [2.75, 3.05) is 0 Å². The second-order valence-corrected chi connectivity index (χ2v) is 4.42. The predicted octanol–water partition coefficient (Wildman–Crippen LogP) is 2.38. The van der Waals surface area contributed by atoms with E-state index in [1.54, 1.807) is 11.3 Å². The van der Waals surface area contributed by atoms with Gasteiger partial charge in [-0.25, -0.2) is 0 Å². The molecule has 0 spiro atoms. The van der Waals surface area contributed by atoms with Crippen LogP contribution >= 0.6 is 11.3 Å². The molecule has 0 radical (unpaired) electrons. The molecule has 0 saturated heterocycles. The lowest BCUT2D eigenvalue weighted by molar-refractivity contribution is 1.38. The number of hydrogen-bond donors (Lipinski definition) is 0. The molecule has 0 atom stereocenters. The van der Waals surface area contributed by atoms with Crippen LogP contribution in [0, 0.1) is 0 Å². The Balaban J connectivity index is 2.56. The highest BCUT2D eigenvalue weighted by atomic mass is 32.1. The summed E-state index contributed by atoms with van der Waals surface area (Å²) in [5, 5.41) is 2.34. The Labute approximate surface area is 91.4 Å². The third-order valence-corrected chi connectivity index (χ3v) is 3.48. The number of rotatable bonds is 0. The van der Waals surface area contributed by atoms with Gasteiger partial charge in [0, 0.05) is 16.3 Å². The average Bonchev–Trinajstić information content (AvgIpc) is 2.55. The van der Waals surface area contributed by atoms with Gasteiger partial charge in [0.05, 0.1) is 9.89 Å². The van der Waals surface area contributed by atoms with Gasteiger partial charge in [-0.15, -0.1) is 11.3 Å². The molecule has 2 heterocycles. The number of hydrogen-bond acceptors (Lipinski definition) is 2. The quantitative estimate of drug-likeness (QED) is 0.634.